The molecule has 0 bridgehead atoms. The van der Waals surface area contributed by atoms with Crippen molar-refractivity contribution in [2.24, 2.45) is 18.9 Å². The molecule has 2 saturated heterocycles. The maximum Gasteiger partial charge on any atom is 0.0625 e. The predicted octanol–water partition coefficient (Wildman–Crippen LogP) is 1.21. The van der Waals surface area contributed by atoms with Gasteiger partial charge >= 0.3 is 0 Å². The molecule has 1 aromatic heterocycles. The molecule has 2 aliphatic heterocycles. The Morgan fingerprint density at radius 1 is 1.29 bits per heavy atom. The van der Waals surface area contributed by atoms with E-state index in [0.717, 1.165) is 45.3 Å². The first-order chi connectivity index (χ1) is 10.2. The van der Waals surface area contributed by atoms with Gasteiger partial charge in [-0.1, -0.05) is 13.8 Å². The molecule has 0 N–H and O–H groups in total. The summed E-state index contributed by atoms with van der Waals surface area (Å²) in [6.07, 6.45) is 4.11. The average Bonchev–Trinajstić information content (AvgIpc) is 3.06. The Labute approximate surface area is 127 Å². The molecule has 1 aromatic rings. The van der Waals surface area contributed by atoms with Crippen LogP contribution in [0.2, 0.25) is 0 Å². The van der Waals surface area contributed by atoms with E-state index >= 15 is 0 Å². The summed E-state index contributed by atoms with van der Waals surface area (Å²) in [5.41, 5.74) is 1.32. The summed E-state index contributed by atoms with van der Waals surface area (Å²) < 4.78 is 7.79. The molecular weight excluding hydrogens is 264 g/mol. The van der Waals surface area contributed by atoms with Crippen molar-refractivity contribution in [1.29, 1.82) is 0 Å². The normalized spacial score (nSPS) is 30.0. The molecule has 0 saturated carbocycles. The lowest BCUT2D eigenvalue weighted by atomic mass is 9.87. The molecule has 3 rings (SSSR count). The van der Waals surface area contributed by atoms with Gasteiger partial charge in [0.15, 0.2) is 0 Å². The third-order valence-corrected chi connectivity index (χ3v) is 5.13. The highest BCUT2D eigenvalue weighted by molar-refractivity contribution is 5.05. The monoisotopic (exact) mass is 292 g/mol. The van der Waals surface area contributed by atoms with Crippen LogP contribution in [0.25, 0.3) is 0 Å². The maximum absolute atomic E-state index is 5.90. The van der Waals surface area contributed by atoms with Crippen molar-refractivity contribution >= 4 is 0 Å². The highest BCUT2D eigenvalue weighted by Crippen LogP contribution is 2.33. The summed E-state index contributed by atoms with van der Waals surface area (Å²) in [6, 6.07) is 0.595. The van der Waals surface area contributed by atoms with Gasteiger partial charge in [0, 0.05) is 50.4 Å². The van der Waals surface area contributed by atoms with Gasteiger partial charge in [-0.3, -0.25) is 14.5 Å². The molecule has 0 unspecified atom stereocenters. The number of hydrogen-bond acceptors (Lipinski definition) is 4. The van der Waals surface area contributed by atoms with Crippen LogP contribution in [0.1, 0.15) is 19.4 Å². The average molecular weight is 292 g/mol. The van der Waals surface area contributed by atoms with E-state index < -0.39 is 0 Å². The van der Waals surface area contributed by atoms with E-state index in [1.807, 2.05) is 17.9 Å². The Kier molecular flexibility index (Phi) is 4.62. The molecule has 118 valence electrons. The van der Waals surface area contributed by atoms with Gasteiger partial charge in [-0.15, -0.1) is 0 Å². The minimum atomic E-state index is 0.595. The van der Waals surface area contributed by atoms with Gasteiger partial charge in [-0.25, -0.2) is 0 Å². The third-order valence-electron chi connectivity index (χ3n) is 5.13. The zero-order valence-electron chi connectivity index (χ0n) is 13.5. The van der Waals surface area contributed by atoms with Crippen LogP contribution in [0.3, 0.4) is 0 Å². The first-order valence-corrected chi connectivity index (χ1v) is 8.23. The molecule has 0 aliphatic carbocycles. The summed E-state index contributed by atoms with van der Waals surface area (Å²) in [5, 5.41) is 4.28. The first-order valence-electron chi connectivity index (χ1n) is 8.23. The second kappa shape index (κ2) is 6.46. The number of ether oxygens (including phenoxy) is 1. The van der Waals surface area contributed by atoms with Gasteiger partial charge in [-0.2, -0.15) is 5.10 Å². The summed E-state index contributed by atoms with van der Waals surface area (Å²) in [4.78, 5) is 5.15. The van der Waals surface area contributed by atoms with Crippen molar-refractivity contribution in [2.75, 3.05) is 39.4 Å². The van der Waals surface area contributed by atoms with Gasteiger partial charge in [0.25, 0.3) is 0 Å². The fourth-order valence-corrected chi connectivity index (χ4v) is 4.07. The molecule has 21 heavy (non-hydrogen) atoms. The highest BCUT2D eigenvalue weighted by atomic mass is 16.5. The van der Waals surface area contributed by atoms with Gasteiger partial charge in [0.2, 0.25) is 0 Å². The number of likely N-dealkylation sites (N-methyl/N-ethyl adjacent to an activating group) is 1. The Morgan fingerprint density at radius 3 is 2.76 bits per heavy atom. The van der Waals surface area contributed by atoms with E-state index in [0.29, 0.717) is 12.0 Å². The van der Waals surface area contributed by atoms with Crippen LogP contribution < -0.4 is 0 Å². The van der Waals surface area contributed by atoms with Crippen LogP contribution >= 0.6 is 0 Å². The Morgan fingerprint density at radius 2 is 2.10 bits per heavy atom. The SMILES string of the molecule is CCN(CC)[C@@H]1COC[C@H]2CN(Cc3cnn(C)c3)C[C@H]21. The number of hydrogen-bond donors (Lipinski definition) is 0. The van der Waals surface area contributed by atoms with Gasteiger partial charge < -0.3 is 4.74 Å². The molecule has 5 nitrogen and oxygen atoms in total. The van der Waals surface area contributed by atoms with Crippen LogP contribution in [-0.4, -0.2) is 65.0 Å². The molecule has 3 atom stereocenters. The van der Waals surface area contributed by atoms with Crippen LogP contribution in [0.15, 0.2) is 12.4 Å². The molecule has 0 aromatic carbocycles. The molecule has 0 spiro atoms. The van der Waals surface area contributed by atoms with Gasteiger partial charge in [0.1, 0.15) is 0 Å². The topological polar surface area (TPSA) is 33.5 Å². The first kappa shape index (κ1) is 15.0. The van der Waals surface area contributed by atoms with Crippen molar-refractivity contribution in [3.63, 3.8) is 0 Å². The van der Waals surface area contributed by atoms with E-state index in [1.165, 1.54) is 12.1 Å². The van der Waals surface area contributed by atoms with Crippen LogP contribution in [0, 0.1) is 11.8 Å². The Bertz CT molecular complexity index is 457. The minimum absolute atomic E-state index is 0.595. The summed E-state index contributed by atoms with van der Waals surface area (Å²) in [7, 11) is 1.98. The quantitative estimate of drug-likeness (QED) is 0.817. The van der Waals surface area contributed by atoms with Crippen molar-refractivity contribution in [1.82, 2.24) is 19.6 Å². The van der Waals surface area contributed by atoms with Crippen LogP contribution in [0.4, 0.5) is 0 Å². The van der Waals surface area contributed by atoms with E-state index in [9.17, 15) is 0 Å². The van der Waals surface area contributed by atoms with Crippen molar-refractivity contribution < 1.29 is 4.74 Å². The lowest BCUT2D eigenvalue weighted by Gasteiger charge is -2.39. The molecule has 2 aliphatic rings. The van der Waals surface area contributed by atoms with Gasteiger partial charge in [-0.05, 0) is 19.0 Å². The largest absolute Gasteiger partial charge is 0.379 e. The van der Waals surface area contributed by atoms with E-state index in [2.05, 4.69) is 34.9 Å². The summed E-state index contributed by atoms with van der Waals surface area (Å²) in [5.74, 6) is 1.45. The lowest BCUT2D eigenvalue weighted by molar-refractivity contribution is -0.0348. The fraction of sp³-hybridized carbons (Fsp3) is 0.812. The number of aromatic nitrogens is 2. The van der Waals surface area contributed by atoms with Crippen molar-refractivity contribution in [3.8, 4) is 0 Å². The molecular formula is C16H28N4O. The number of aryl methyl sites for hydroxylation is 1. The Hall–Kier alpha value is -0.910. The number of likely N-dealkylation sites (tertiary alicyclic amines) is 1. The standard InChI is InChI=1S/C16H28N4O/c1-4-20(5-2)16-12-21-11-14-9-19(10-15(14)16)8-13-6-17-18(3)7-13/h6-7,14-16H,4-5,8-12H2,1-3H3/t14-,15-,16-/m1/s1. The summed E-state index contributed by atoms with van der Waals surface area (Å²) >= 11 is 0. The fourth-order valence-electron chi connectivity index (χ4n) is 4.07. The molecule has 0 radical (unpaired) electrons. The van der Waals surface area contributed by atoms with Crippen molar-refractivity contribution in [3.05, 3.63) is 18.0 Å². The van der Waals surface area contributed by atoms with E-state index in [-0.39, 0.29) is 0 Å². The number of rotatable bonds is 5. The van der Waals surface area contributed by atoms with Crippen LogP contribution in [0.5, 0.6) is 0 Å². The molecule has 0 amide bonds. The molecule has 5 heteroatoms. The second-order valence-electron chi connectivity index (χ2n) is 6.47. The predicted molar refractivity (Wildman–Crippen MR) is 83.0 cm³/mol. The van der Waals surface area contributed by atoms with E-state index in [4.69, 9.17) is 4.74 Å². The molecule has 3 heterocycles. The van der Waals surface area contributed by atoms with Gasteiger partial charge in [0.05, 0.1) is 19.4 Å². The number of nitrogens with zero attached hydrogens (tertiary/aromatic N) is 4. The summed E-state index contributed by atoms with van der Waals surface area (Å²) in [6.45, 7) is 12.0. The second-order valence-corrected chi connectivity index (χ2v) is 6.47. The van der Waals surface area contributed by atoms with Crippen molar-refractivity contribution in [2.45, 2.75) is 26.4 Å². The number of fused-ring (bicyclic) bond motifs is 1. The maximum atomic E-state index is 5.90. The lowest BCUT2D eigenvalue weighted by Crippen LogP contribution is -2.50. The molecule has 2 fully saturated rings. The highest BCUT2D eigenvalue weighted by Gasteiger charge is 2.42. The Balaban J connectivity index is 1.65. The third kappa shape index (κ3) is 3.15. The minimum Gasteiger partial charge on any atom is -0.379 e. The zero-order chi connectivity index (χ0) is 14.8. The van der Waals surface area contributed by atoms with Crippen LogP contribution in [-0.2, 0) is 18.3 Å². The smallest absolute Gasteiger partial charge is 0.0625 e. The zero-order valence-corrected chi connectivity index (χ0v) is 13.5. The van der Waals surface area contributed by atoms with E-state index in [1.54, 1.807) is 0 Å².